The van der Waals surface area contributed by atoms with E-state index in [1.165, 1.54) is 42.5 Å². The molecule has 0 aromatic carbocycles. The third-order valence-electron chi connectivity index (χ3n) is 3.67. The molecular formula is C13H18N2. The van der Waals surface area contributed by atoms with Gasteiger partial charge in [-0.3, -0.25) is 4.99 Å². The number of nitrogens with one attached hydrogen (secondary N) is 1. The highest BCUT2D eigenvalue weighted by atomic mass is 14.9. The van der Waals surface area contributed by atoms with E-state index in [1.54, 1.807) is 0 Å². The summed E-state index contributed by atoms with van der Waals surface area (Å²) in [4.78, 5) is 4.76. The van der Waals surface area contributed by atoms with Gasteiger partial charge < -0.3 is 5.32 Å². The lowest BCUT2D eigenvalue weighted by molar-refractivity contribution is 0.457. The van der Waals surface area contributed by atoms with Crippen molar-refractivity contribution in [3.05, 3.63) is 23.3 Å². The average Bonchev–Trinajstić information content (AvgIpc) is 2.74. The van der Waals surface area contributed by atoms with E-state index in [1.807, 2.05) is 0 Å². The second-order valence-electron chi connectivity index (χ2n) is 4.65. The van der Waals surface area contributed by atoms with E-state index in [9.17, 15) is 0 Å². The van der Waals surface area contributed by atoms with Gasteiger partial charge in [-0.15, -0.1) is 0 Å². The first-order chi connectivity index (χ1) is 7.45. The first kappa shape index (κ1) is 9.34. The Kier molecular flexibility index (Phi) is 2.45. The molecule has 1 N–H and O–H groups in total. The first-order valence-electron chi connectivity index (χ1n) is 6.10. The van der Waals surface area contributed by atoms with E-state index < -0.39 is 0 Å². The predicted octanol–water partition coefficient (Wildman–Crippen LogP) is 2.09. The molecule has 0 aromatic rings. The average molecular weight is 202 g/mol. The zero-order valence-corrected chi connectivity index (χ0v) is 9.13. The van der Waals surface area contributed by atoms with Crippen LogP contribution in [0.4, 0.5) is 0 Å². The van der Waals surface area contributed by atoms with Gasteiger partial charge in [0.05, 0.1) is 6.54 Å². The van der Waals surface area contributed by atoms with Crippen molar-refractivity contribution in [2.45, 2.75) is 25.7 Å². The Labute approximate surface area is 91.2 Å². The highest BCUT2D eigenvalue weighted by Gasteiger charge is 2.27. The van der Waals surface area contributed by atoms with Crippen molar-refractivity contribution in [1.82, 2.24) is 5.32 Å². The van der Waals surface area contributed by atoms with Gasteiger partial charge in [-0.25, -0.2) is 0 Å². The number of piperidine rings is 1. The van der Waals surface area contributed by atoms with Gasteiger partial charge in [-0.05, 0) is 49.9 Å². The van der Waals surface area contributed by atoms with Crippen LogP contribution in [0, 0.1) is 5.92 Å². The number of nitrogens with zero attached hydrogens (tertiary/aromatic N) is 1. The Morgan fingerprint density at radius 3 is 2.80 bits per heavy atom. The molecule has 2 aliphatic heterocycles. The lowest BCUT2D eigenvalue weighted by atomic mass is 9.85. The third-order valence-corrected chi connectivity index (χ3v) is 3.67. The van der Waals surface area contributed by atoms with Gasteiger partial charge in [0.1, 0.15) is 0 Å². The highest BCUT2D eigenvalue weighted by molar-refractivity contribution is 6.08. The number of hydrogen-bond acceptors (Lipinski definition) is 2. The zero-order valence-electron chi connectivity index (χ0n) is 9.13. The summed E-state index contributed by atoms with van der Waals surface area (Å²) < 4.78 is 0. The van der Waals surface area contributed by atoms with Crippen molar-refractivity contribution < 1.29 is 0 Å². The van der Waals surface area contributed by atoms with Gasteiger partial charge in [0, 0.05) is 11.6 Å². The van der Waals surface area contributed by atoms with Gasteiger partial charge in [0.25, 0.3) is 0 Å². The monoisotopic (exact) mass is 202 g/mol. The molecule has 2 heterocycles. The lowest BCUT2D eigenvalue weighted by Crippen LogP contribution is -2.32. The summed E-state index contributed by atoms with van der Waals surface area (Å²) in [5, 5.41) is 3.42. The summed E-state index contributed by atoms with van der Waals surface area (Å²) in [5.41, 5.74) is 4.41. The Morgan fingerprint density at radius 1 is 1.13 bits per heavy atom. The van der Waals surface area contributed by atoms with Crippen molar-refractivity contribution in [3.63, 3.8) is 0 Å². The molecule has 3 aliphatic rings. The maximum Gasteiger partial charge on any atom is 0.0646 e. The fourth-order valence-electron chi connectivity index (χ4n) is 2.84. The summed E-state index contributed by atoms with van der Waals surface area (Å²) >= 11 is 0. The molecule has 80 valence electrons. The summed E-state index contributed by atoms with van der Waals surface area (Å²) in [5.74, 6) is 0.724. The van der Waals surface area contributed by atoms with E-state index in [0.29, 0.717) is 0 Å². The fraction of sp³-hybridized carbons (Fsp3) is 0.615. The van der Waals surface area contributed by atoms with Crippen LogP contribution in [-0.2, 0) is 0 Å². The second kappa shape index (κ2) is 3.93. The predicted molar refractivity (Wildman–Crippen MR) is 63.3 cm³/mol. The van der Waals surface area contributed by atoms with Crippen molar-refractivity contribution in [2.24, 2.45) is 10.9 Å². The fourth-order valence-corrected chi connectivity index (χ4v) is 2.84. The minimum atomic E-state index is 0.724. The standard InChI is InChI=1S/C13H18N2/c1-2-4-12-11(3-1)9-15-13(12)10-5-7-14-8-6-10/h3-4,10,14H,1-2,5-9H2. The highest BCUT2D eigenvalue weighted by Crippen LogP contribution is 2.31. The molecule has 2 nitrogen and oxygen atoms in total. The number of rotatable bonds is 1. The van der Waals surface area contributed by atoms with Crippen molar-refractivity contribution in [1.29, 1.82) is 0 Å². The van der Waals surface area contributed by atoms with Crippen molar-refractivity contribution >= 4 is 5.71 Å². The minimum Gasteiger partial charge on any atom is -0.317 e. The molecule has 0 spiro atoms. The molecular weight excluding hydrogens is 184 g/mol. The molecule has 0 radical (unpaired) electrons. The van der Waals surface area contributed by atoms with Crippen molar-refractivity contribution in [2.75, 3.05) is 19.6 Å². The Balaban J connectivity index is 1.81. The third kappa shape index (κ3) is 1.67. The van der Waals surface area contributed by atoms with Crippen LogP contribution in [0.3, 0.4) is 0 Å². The molecule has 0 amide bonds. The zero-order chi connectivity index (χ0) is 10.1. The van der Waals surface area contributed by atoms with Crippen LogP contribution >= 0.6 is 0 Å². The van der Waals surface area contributed by atoms with Gasteiger partial charge >= 0.3 is 0 Å². The summed E-state index contributed by atoms with van der Waals surface area (Å²) in [6.45, 7) is 3.27. The van der Waals surface area contributed by atoms with Gasteiger partial charge in [0.2, 0.25) is 0 Å². The Hall–Kier alpha value is -0.890. The molecule has 1 fully saturated rings. The van der Waals surface area contributed by atoms with Crippen LogP contribution in [0.2, 0.25) is 0 Å². The van der Waals surface area contributed by atoms with Gasteiger partial charge in [-0.2, -0.15) is 0 Å². The maximum atomic E-state index is 4.76. The Morgan fingerprint density at radius 2 is 1.93 bits per heavy atom. The second-order valence-corrected chi connectivity index (χ2v) is 4.65. The summed E-state index contributed by atoms with van der Waals surface area (Å²) in [7, 11) is 0. The molecule has 0 atom stereocenters. The summed E-state index contributed by atoms with van der Waals surface area (Å²) in [6.07, 6.45) is 9.75. The molecule has 0 aromatic heterocycles. The number of fused-ring (bicyclic) bond motifs is 1. The quantitative estimate of drug-likeness (QED) is 0.691. The number of hydrogen-bond donors (Lipinski definition) is 1. The van der Waals surface area contributed by atoms with E-state index in [2.05, 4.69) is 17.5 Å². The molecule has 0 unspecified atom stereocenters. The lowest BCUT2D eigenvalue weighted by Gasteiger charge is -2.24. The first-order valence-corrected chi connectivity index (χ1v) is 6.10. The van der Waals surface area contributed by atoms with E-state index in [-0.39, 0.29) is 0 Å². The largest absolute Gasteiger partial charge is 0.317 e. The van der Waals surface area contributed by atoms with Crippen LogP contribution in [0.5, 0.6) is 0 Å². The molecule has 1 saturated heterocycles. The van der Waals surface area contributed by atoms with E-state index in [0.717, 1.165) is 25.6 Å². The molecule has 2 heteroatoms. The normalized spacial score (nSPS) is 26.8. The number of aliphatic imine (C=N–C) groups is 1. The Bertz CT molecular complexity index is 344. The van der Waals surface area contributed by atoms with Gasteiger partial charge in [-0.1, -0.05) is 12.2 Å². The SMILES string of the molecule is C1=C2CN=C(C3CCNCC3)C2=CCC1. The van der Waals surface area contributed by atoms with Crippen LogP contribution in [0.1, 0.15) is 25.7 Å². The number of allylic oxidation sites excluding steroid dienone is 2. The molecule has 15 heavy (non-hydrogen) atoms. The summed E-state index contributed by atoms with van der Waals surface area (Å²) in [6, 6.07) is 0. The van der Waals surface area contributed by atoms with Crippen LogP contribution < -0.4 is 5.32 Å². The topological polar surface area (TPSA) is 24.4 Å². The van der Waals surface area contributed by atoms with Gasteiger partial charge in [0.15, 0.2) is 0 Å². The molecule has 0 bridgehead atoms. The van der Waals surface area contributed by atoms with E-state index in [4.69, 9.17) is 4.99 Å². The van der Waals surface area contributed by atoms with Crippen LogP contribution in [0.15, 0.2) is 28.3 Å². The molecule has 1 aliphatic carbocycles. The van der Waals surface area contributed by atoms with E-state index >= 15 is 0 Å². The smallest absolute Gasteiger partial charge is 0.0646 e. The van der Waals surface area contributed by atoms with Crippen LogP contribution in [-0.4, -0.2) is 25.3 Å². The minimum absolute atomic E-state index is 0.724. The maximum absolute atomic E-state index is 4.76. The van der Waals surface area contributed by atoms with Crippen LogP contribution in [0.25, 0.3) is 0 Å². The molecule has 3 rings (SSSR count). The molecule has 0 saturated carbocycles. The van der Waals surface area contributed by atoms with Crippen molar-refractivity contribution in [3.8, 4) is 0 Å².